The normalized spacial score (nSPS) is 15.3. The molecule has 3 rings (SSSR count). The molecular formula is C24H27N3O5S. The lowest BCUT2D eigenvalue weighted by molar-refractivity contribution is -0.139. The van der Waals surface area contributed by atoms with Crippen LogP contribution in [0, 0.1) is 0 Å². The van der Waals surface area contributed by atoms with Crippen LogP contribution in [0.25, 0.3) is 0 Å². The van der Waals surface area contributed by atoms with Gasteiger partial charge in [0.15, 0.2) is 5.17 Å². The van der Waals surface area contributed by atoms with Crippen LogP contribution >= 0.6 is 11.8 Å². The number of carbonyl (C=O) groups is 2. The fourth-order valence-corrected chi connectivity index (χ4v) is 4.06. The van der Waals surface area contributed by atoms with Crippen molar-refractivity contribution in [2.24, 2.45) is 4.99 Å². The van der Waals surface area contributed by atoms with Gasteiger partial charge in [-0.25, -0.2) is 9.79 Å². The number of rotatable bonds is 8. The minimum absolute atomic E-state index is 0.148. The molecule has 33 heavy (non-hydrogen) atoms. The third-order valence-electron chi connectivity index (χ3n) is 4.85. The molecule has 0 radical (unpaired) electrons. The van der Waals surface area contributed by atoms with E-state index in [1.54, 1.807) is 40.2 Å². The highest BCUT2D eigenvalue weighted by atomic mass is 32.2. The fourth-order valence-electron chi connectivity index (χ4n) is 3.32. The first-order valence-corrected chi connectivity index (χ1v) is 11.4. The van der Waals surface area contributed by atoms with Crippen LogP contribution in [-0.4, -0.2) is 43.6 Å². The molecule has 1 aliphatic heterocycles. The Morgan fingerprint density at radius 2 is 1.88 bits per heavy atom. The van der Waals surface area contributed by atoms with Crippen molar-refractivity contribution in [1.29, 1.82) is 0 Å². The largest absolute Gasteiger partial charge is 0.497 e. The van der Waals surface area contributed by atoms with Gasteiger partial charge in [-0.05, 0) is 38.1 Å². The molecule has 8 nitrogen and oxygen atoms in total. The van der Waals surface area contributed by atoms with E-state index in [1.165, 1.54) is 11.8 Å². The maximum Gasteiger partial charge on any atom is 0.338 e. The summed E-state index contributed by atoms with van der Waals surface area (Å²) in [6, 6.07) is 13.9. The van der Waals surface area contributed by atoms with Crippen molar-refractivity contribution >= 4 is 34.5 Å². The molecule has 0 aliphatic carbocycles. The van der Waals surface area contributed by atoms with Crippen molar-refractivity contribution in [2.45, 2.75) is 19.9 Å². The van der Waals surface area contributed by atoms with Gasteiger partial charge in [0, 0.05) is 23.0 Å². The second kappa shape index (κ2) is 11.4. The van der Waals surface area contributed by atoms with E-state index in [2.05, 4.69) is 10.6 Å². The number of benzene rings is 2. The van der Waals surface area contributed by atoms with E-state index in [-0.39, 0.29) is 18.3 Å². The molecule has 0 aromatic heterocycles. The first-order valence-electron chi connectivity index (χ1n) is 10.4. The van der Waals surface area contributed by atoms with Crippen LogP contribution in [0.4, 0.5) is 5.69 Å². The summed E-state index contributed by atoms with van der Waals surface area (Å²) in [6.45, 7) is 3.78. The number of allylic oxidation sites excluding steroid dienone is 1. The zero-order valence-electron chi connectivity index (χ0n) is 19.0. The molecule has 2 aromatic carbocycles. The Morgan fingerprint density at radius 3 is 2.55 bits per heavy atom. The van der Waals surface area contributed by atoms with E-state index in [9.17, 15) is 9.59 Å². The monoisotopic (exact) mass is 469 g/mol. The van der Waals surface area contributed by atoms with Gasteiger partial charge in [0.2, 0.25) is 5.91 Å². The van der Waals surface area contributed by atoms with Crippen LogP contribution in [0.5, 0.6) is 11.5 Å². The molecule has 1 heterocycles. The molecule has 1 aliphatic rings. The highest BCUT2D eigenvalue weighted by molar-refractivity contribution is 8.14. The fraction of sp³-hybridized carbons (Fsp3) is 0.292. The summed E-state index contributed by atoms with van der Waals surface area (Å²) in [7, 11) is 3.12. The molecule has 2 aromatic rings. The van der Waals surface area contributed by atoms with Crippen molar-refractivity contribution in [3.63, 3.8) is 0 Å². The summed E-state index contributed by atoms with van der Waals surface area (Å²) < 4.78 is 16.1. The molecule has 0 saturated carbocycles. The first-order chi connectivity index (χ1) is 16.0. The van der Waals surface area contributed by atoms with Crippen LogP contribution in [0.2, 0.25) is 0 Å². The SMILES string of the molecule is CCOC(=O)C1=C(C)NC(SCC(=O)Nc2ccccc2)=N[C@H]1c1ccc(OC)cc1OC. The third kappa shape index (κ3) is 6.07. The molecule has 1 atom stereocenters. The number of hydrogen-bond acceptors (Lipinski definition) is 8. The van der Waals surface area contributed by atoms with Crippen LogP contribution in [-0.2, 0) is 14.3 Å². The molecule has 0 saturated heterocycles. The number of aliphatic imine (C=N–C) groups is 1. The predicted octanol–water partition coefficient (Wildman–Crippen LogP) is 3.91. The summed E-state index contributed by atoms with van der Waals surface area (Å²) >= 11 is 1.25. The smallest absolute Gasteiger partial charge is 0.338 e. The van der Waals surface area contributed by atoms with E-state index < -0.39 is 12.0 Å². The number of nitrogens with one attached hydrogen (secondary N) is 2. The molecule has 174 valence electrons. The number of esters is 1. The number of thioether (sulfide) groups is 1. The van der Waals surface area contributed by atoms with E-state index in [0.29, 0.717) is 33.5 Å². The average molecular weight is 470 g/mol. The van der Waals surface area contributed by atoms with Gasteiger partial charge in [0.25, 0.3) is 0 Å². The number of para-hydroxylation sites is 1. The molecule has 0 unspecified atom stereocenters. The Balaban J connectivity index is 1.86. The second-order valence-electron chi connectivity index (χ2n) is 7.03. The number of methoxy groups -OCH3 is 2. The highest BCUT2D eigenvalue weighted by Crippen LogP contribution is 2.39. The van der Waals surface area contributed by atoms with Crippen molar-refractivity contribution in [2.75, 3.05) is 31.9 Å². The number of ether oxygens (including phenoxy) is 3. The van der Waals surface area contributed by atoms with Crippen molar-refractivity contribution in [3.8, 4) is 11.5 Å². The van der Waals surface area contributed by atoms with E-state index >= 15 is 0 Å². The van der Waals surface area contributed by atoms with Gasteiger partial charge in [-0.3, -0.25) is 4.79 Å². The number of amidine groups is 1. The summed E-state index contributed by atoms with van der Waals surface area (Å²) in [4.78, 5) is 29.9. The number of anilines is 1. The molecule has 1 amide bonds. The highest BCUT2D eigenvalue weighted by Gasteiger charge is 2.32. The van der Waals surface area contributed by atoms with E-state index in [4.69, 9.17) is 19.2 Å². The van der Waals surface area contributed by atoms with Crippen LogP contribution in [0.3, 0.4) is 0 Å². The topological polar surface area (TPSA) is 98.2 Å². The van der Waals surface area contributed by atoms with Gasteiger partial charge in [-0.15, -0.1) is 0 Å². The van der Waals surface area contributed by atoms with E-state index in [1.807, 2.05) is 36.4 Å². The Labute approximate surface area is 197 Å². The quantitative estimate of drug-likeness (QED) is 0.566. The Kier molecular flexibility index (Phi) is 8.37. The lowest BCUT2D eigenvalue weighted by Gasteiger charge is -2.26. The Morgan fingerprint density at radius 1 is 1.12 bits per heavy atom. The van der Waals surface area contributed by atoms with Gasteiger partial charge in [0.05, 0.1) is 32.2 Å². The molecule has 2 N–H and O–H groups in total. The number of carbonyl (C=O) groups excluding carboxylic acids is 2. The number of amides is 1. The zero-order valence-corrected chi connectivity index (χ0v) is 19.8. The predicted molar refractivity (Wildman–Crippen MR) is 130 cm³/mol. The molecule has 9 heteroatoms. The molecule has 0 spiro atoms. The maximum atomic E-state index is 12.8. The van der Waals surface area contributed by atoms with Crippen LogP contribution < -0.4 is 20.1 Å². The van der Waals surface area contributed by atoms with Gasteiger partial charge in [-0.1, -0.05) is 30.0 Å². The van der Waals surface area contributed by atoms with E-state index in [0.717, 1.165) is 5.69 Å². The summed E-state index contributed by atoms with van der Waals surface area (Å²) in [5.74, 6) is 0.687. The average Bonchev–Trinajstić information content (AvgIpc) is 2.82. The maximum absolute atomic E-state index is 12.8. The lowest BCUT2D eigenvalue weighted by Crippen LogP contribution is -2.31. The van der Waals surface area contributed by atoms with Crippen molar-refractivity contribution < 1.29 is 23.8 Å². The third-order valence-corrected chi connectivity index (χ3v) is 5.73. The van der Waals surface area contributed by atoms with Gasteiger partial charge in [0.1, 0.15) is 17.5 Å². The van der Waals surface area contributed by atoms with Gasteiger partial charge >= 0.3 is 5.97 Å². The number of nitrogens with zero attached hydrogens (tertiary/aromatic N) is 1. The standard InChI is InChI=1S/C24H27N3O5S/c1-5-32-23(29)21-15(2)25-24(33-14-20(28)26-16-9-7-6-8-10-16)27-22(21)18-12-11-17(30-3)13-19(18)31-4/h6-13,22H,5,14H2,1-4H3,(H,25,27)(H,26,28)/t22-/m0/s1. The van der Waals surface area contributed by atoms with Crippen molar-refractivity contribution in [1.82, 2.24) is 5.32 Å². The Bertz CT molecular complexity index is 1070. The van der Waals surface area contributed by atoms with Gasteiger partial charge < -0.3 is 24.8 Å². The lowest BCUT2D eigenvalue weighted by atomic mass is 9.95. The molecular weight excluding hydrogens is 442 g/mol. The van der Waals surface area contributed by atoms with Crippen LogP contribution in [0.1, 0.15) is 25.5 Å². The Hall–Kier alpha value is -3.46. The van der Waals surface area contributed by atoms with Crippen LogP contribution in [0.15, 0.2) is 64.8 Å². The summed E-state index contributed by atoms with van der Waals surface area (Å²) in [5.41, 5.74) is 2.41. The minimum Gasteiger partial charge on any atom is -0.497 e. The summed E-state index contributed by atoms with van der Waals surface area (Å²) in [6.07, 6.45) is 0. The number of hydrogen-bond donors (Lipinski definition) is 2. The molecule has 0 bridgehead atoms. The van der Waals surface area contributed by atoms with Crippen molar-refractivity contribution in [3.05, 3.63) is 65.4 Å². The van der Waals surface area contributed by atoms with Gasteiger partial charge in [-0.2, -0.15) is 0 Å². The zero-order chi connectivity index (χ0) is 23.8. The molecule has 0 fully saturated rings. The minimum atomic E-state index is -0.661. The second-order valence-corrected chi connectivity index (χ2v) is 8.00. The summed E-state index contributed by atoms with van der Waals surface area (Å²) in [5, 5.41) is 6.50. The first kappa shape index (κ1) is 24.2.